The summed E-state index contributed by atoms with van der Waals surface area (Å²) < 4.78 is 30.0. The topological polar surface area (TPSA) is 217 Å². The lowest BCUT2D eigenvalue weighted by Crippen LogP contribution is -2.39. The molecule has 0 aliphatic carbocycles. The SMILES string of the molecule is O=C1COc2ccc3ccccc3c2-c2c(ccc3ccccc23)OCC(=O)Nc2cccc(n2)NC(=O)c2cc(C(=O)NCCC[Si]34OCC(CO3)O4)cc(c2)C(=O)Nc2cccc(n2)N1. The summed E-state index contributed by atoms with van der Waals surface area (Å²) >= 11 is 0. The molecule has 0 unspecified atom stereocenters. The fourth-order valence-electron chi connectivity index (χ4n) is 8.18. The summed E-state index contributed by atoms with van der Waals surface area (Å²) in [5, 5.41) is 17.2. The van der Waals surface area contributed by atoms with Crippen LogP contribution in [0.5, 0.6) is 11.5 Å². The summed E-state index contributed by atoms with van der Waals surface area (Å²) in [4.78, 5) is 77.3. The number of ether oxygens (including phenoxy) is 2. The average molecular weight is 916 g/mol. The maximum absolute atomic E-state index is 13.9. The van der Waals surface area contributed by atoms with Gasteiger partial charge in [0.2, 0.25) is 0 Å². The van der Waals surface area contributed by atoms with Crippen molar-refractivity contribution < 1.29 is 46.7 Å². The molecule has 67 heavy (non-hydrogen) atoms. The lowest BCUT2D eigenvalue weighted by molar-refractivity contribution is -0.118. The second kappa shape index (κ2) is 18.5. The molecule has 0 spiro atoms. The number of carbonyl (C=O) groups excluding carboxylic acids is 5. The van der Waals surface area contributed by atoms with Crippen LogP contribution in [0.1, 0.15) is 37.5 Å². The van der Waals surface area contributed by atoms with Gasteiger partial charge in [0.15, 0.2) is 13.2 Å². The maximum atomic E-state index is 13.9. The molecular weight excluding hydrogens is 875 g/mol. The second-order valence-electron chi connectivity index (χ2n) is 15.9. The third kappa shape index (κ3) is 9.40. The normalized spacial score (nSPS) is 18.4. The second-order valence-corrected chi connectivity index (χ2v) is 18.6. The molecule has 0 radical (unpaired) electrons. The van der Waals surface area contributed by atoms with Gasteiger partial charge < -0.3 is 49.3 Å². The summed E-state index contributed by atoms with van der Waals surface area (Å²) in [5.41, 5.74) is 1.25. The van der Waals surface area contributed by atoms with Crippen molar-refractivity contribution in [3.05, 3.63) is 144 Å². The van der Waals surface area contributed by atoms with Gasteiger partial charge in [-0.25, -0.2) is 9.97 Å². The first-order valence-corrected chi connectivity index (χ1v) is 23.4. The molecule has 5 amide bonds. The van der Waals surface area contributed by atoms with Crippen molar-refractivity contribution in [2.75, 3.05) is 54.2 Å². The minimum Gasteiger partial charge on any atom is -0.483 e. The highest BCUT2D eigenvalue weighted by Gasteiger charge is 2.54. The molecule has 0 atom stereocenters. The van der Waals surface area contributed by atoms with E-state index in [9.17, 15) is 24.0 Å². The molecule has 17 nitrogen and oxygen atoms in total. The Labute approximate surface area is 383 Å². The predicted octanol–water partition coefficient (Wildman–Crippen LogP) is 6.81. The molecule has 2 aromatic heterocycles. The van der Waals surface area contributed by atoms with E-state index in [0.29, 0.717) is 48.3 Å². The number of rotatable bonds is 5. The van der Waals surface area contributed by atoms with Gasteiger partial charge >= 0.3 is 8.80 Å². The molecule has 5 N–H and O–H groups in total. The number of hydrogen-bond acceptors (Lipinski definition) is 12. The Morgan fingerprint density at radius 2 is 1.09 bits per heavy atom. The lowest BCUT2D eigenvalue weighted by Gasteiger charge is -2.19. The van der Waals surface area contributed by atoms with Crippen LogP contribution in [0.25, 0.3) is 32.7 Å². The van der Waals surface area contributed by atoms with Crippen molar-refractivity contribution in [1.29, 1.82) is 0 Å². The smallest absolute Gasteiger partial charge is 0.483 e. The van der Waals surface area contributed by atoms with Gasteiger partial charge in [-0.2, -0.15) is 0 Å². The number of amides is 5. The zero-order valence-corrected chi connectivity index (χ0v) is 36.6. The number of carbonyl (C=O) groups is 5. The first-order valence-electron chi connectivity index (χ1n) is 21.5. The van der Waals surface area contributed by atoms with E-state index in [1.165, 1.54) is 30.3 Å². The van der Waals surface area contributed by atoms with Crippen LogP contribution in [0.3, 0.4) is 0 Å². The lowest BCUT2D eigenvalue weighted by atomic mass is 9.92. The van der Waals surface area contributed by atoms with Gasteiger partial charge in [-0.15, -0.1) is 0 Å². The Balaban J connectivity index is 0.971. The summed E-state index contributed by atoms with van der Waals surface area (Å²) in [7, 11) is -2.71. The highest BCUT2D eigenvalue weighted by molar-refractivity contribution is 6.61. The third-order valence-electron chi connectivity index (χ3n) is 11.3. The number of hydrogen-bond donors (Lipinski definition) is 5. The van der Waals surface area contributed by atoms with Gasteiger partial charge in [0.25, 0.3) is 29.5 Å². The summed E-state index contributed by atoms with van der Waals surface area (Å²) in [6.07, 6.45) is 0.471. The molecule has 18 heteroatoms. The van der Waals surface area contributed by atoms with Crippen LogP contribution >= 0.6 is 0 Å². The van der Waals surface area contributed by atoms with E-state index in [0.717, 1.165) is 21.5 Å². The molecule has 5 aromatic carbocycles. The highest BCUT2D eigenvalue weighted by Crippen LogP contribution is 2.45. The Bertz CT molecular complexity index is 2940. The molecule has 5 heterocycles. The van der Waals surface area contributed by atoms with E-state index in [4.69, 9.17) is 22.8 Å². The van der Waals surface area contributed by atoms with Gasteiger partial charge in [-0.05, 0) is 82.6 Å². The number of anilines is 4. The molecule has 2 fully saturated rings. The molecular formula is C49H41N7O10Si. The zero-order valence-electron chi connectivity index (χ0n) is 35.6. The average Bonchev–Trinajstić information content (AvgIpc) is 3.95. The summed E-state index contributed by atoms with van der Waals surface area (Å²) in [5.74, 6) is -1.83. The van der Waals surface area contributed by atoms with Crippen molar-refractivity contribution in [3.63, 3.8) is 0 Å². The van der Waals surface area contributed by atoms with Gasteiger partial charge in [0.1, 0.15) is 34.8 Å². The Morgan fingerprint density at radius 1 is 0.597 bits per heavy atom. The van der Waals surface area contributed by atoms with Crippen LogP contribution in [0, 0.1) is 0 Å². The fourth-order valence-corrected chi connectivity index (χ4v) is 10.9. The zero-order chi connectivity index (χ0) is 45.9. The van der Waals surface area contributed by atoms with Crippen LogP contribution in [0.15, 0.2) is 127 Å². The van der Waals surface area contributed by atoms with E-state index in [1.54, 1.807) is 36.4 Å². The van der Waals surface area contributed by atoms with Crippen molar-refractivity contribution >= 4 is 83.2 Å². The predicted molar refractivity (Wildman–Crippen MR) is 250 cm³/mol. The number of fused-ring (bicyclic) bond motifs is 15. The monoisotopic (exact) mass is 915 g/mol. The Kier molecular flexibility index (Phi) is 11.8. The summed E-state index contributed by atoms with van der Waals surface area (Å²) in [6, 6.07) is 36.8. The van der Waals surface area contributed by atoms with Crippen LogP contribution in [-0.2, 0) is 22.9 Å². The molecule has 10 rings (SSSR count). The van der Waals surface area contributed by atoms with Gasteiger partial charge in [-0.3, -0.25) is 24.0 Å². The van der Waals surface area contributed by atoms with E-state index in [1.807, 2.05) is 60.7 Å². The number of pyridine rings is 2. The molecule has 3 aliphatic rings. The Morgan fingerprint density at radius 3 is 1.58 bits per heavy atom. The van der Waals surface area contributed by atoms with E-state index in [-0.39, 0.29) is 52.6 Å². The third-order valence-corrected chi connectivity index (χ3v) is 14.1. The molecule has 8 bridgehead atoms. The van der Waals surface area contributed by atoms with E-state index >= 15 is 0 Å². The maximum Gasteiger partial charge on any atom is 0.501 e. The minimum absolute atomic E-state index is 0.0307. The molecule has 2 saturated heterocycles. The van der Waals surface area contributed by atoms with Crippen LogP contribution in [-0.4, -0.2) is 87.4 Å². The Hall–Kier alpha value is -8.03. The van der Waals surface area contributed by atoms with E-state index < -0.39 is 51.6 Å². The van der Waals surface area contributed by atoms with Gasteiger partial charge in [-0.1, -0.05) is 72.8 Å². The number of aromatic nitrogens is 2. The number of nitrogens with zero attached hydrogens (tertiary/aromatic N) is 2. The van der Waals surface area contributed by atoms with Crippen molar-refractivity contribution in [2.24, 2.45) is 0 Å². The first kappa shape index (κ1) is 42.9. The van der Waals surface area contributed by atoms with Crippen molar-refractivity contribution in [1.82, 2.24) is 15.3 Å². The molecule has 3 aliphatic heterocycles. The fraction of sp³-hybridized carbons (Fsp3) is 0.163. The summed E-state index contributed by atoms with van der Waals surface area (Å²) in [6.45, 7) is 0.423. The van der Waals surface area contributed by atoms with E-state index in [2.05, 4.69) is 36.6 Å². The minimum atomic E-state index is -2.71. The van der Waals surface area contributed by atoms with Gasteiger partial charge in [0.05, 0.1) is 19.3 Å². The van der Waals surface area contributed by atoms with Crippen molar-refractivity contribution in [3.8, 4) is 22.6 Å². The first-order chi connectivity index (χ1) is 32.6. The molecule has 0 saturated carbocycles. The van der Waals surface area contributed by atoms with Crippen LogP contribution in [0.4, 0.5) is 23.3 Å². The quantitative estimate of drug-likeness (QED) is 0.0890. The standard InChI is InChI=1S/C49H41N7O10Si/c57-43-27-62-37-18-16-29-8-1-3-10-35(29)45(37)46-36-11-4-2-9-30(36)17-19-38(46)63-28-44(58)54-40-13-6-15-42(52-40)56-49(61)33-23-31(47(59)50-20-7-21-67-64-25-34(66-67)26-65-67)22-32(24-33)48(60)55-41-14-5-12-39(51-41)53-43/h1-6,8-19,22-24,34H,7,20-21,25-28H2,(H,50,59)(H2,51,53,55,57,60)(H2,52,54,56,58,61). The molecule has 336 valence electrons. The van der Waals surface area contributed by atoms with Crippen LogP contribution < -0.4 is 36.1 Å². The highest BCUT2D eigenvalue weighted by atomic mass is 28.4. The van der Waals surface area contributed by atoms with Gasteiger partial charge in [0, 0.05) is 40.4 Å². The largest absolute Gasteiger partial charge is 0.501 e. The number of benzene rings is 5. The number of nitrogens with one attached hydrogen (secondary N) is 5. The molecule has 7 aromatic rings. The van der Waals surface area contributed by atoms with Crippen LogP contribution in [0.2, 0.25) is 6.04 Å². The van der Waals surface area contributed by atoms with Crippen molar-refractivity contribution in [2.45, 2.75) is 18.6 Å².